The molecule has 1 aliphatic rings. The van der Waals surface area contributed by atoms with E-state index in [1.54, 1.807) is 0 Å². The quantitative estimate of drug-likeness (QED) is 0.706. The van der Waals surface area contributed by atoms with Crippen LogP contribution in [0.5, 0.6) is 0 Å². The molecule has 3 aromatic rings. The largest absolute Gasteiger partial charge is 0.378 e. The molecule has 0 saturated carbocycles. The van der Waals surface area contributed by atoms with Crippen LogP contribution in [0.3, 0.4) is 0 Å². The summed E-state index contributed by atoms with van der Waals surface area (Å²) in [6.45, 7) is 11.1. The van der Waals surface area contributed by atoms with Gasteiger partial charge in [-0.2, -0.15) is 5.10 Å². The van der Waals surface area contributed by atoms with E-state index in [1.807, 2.05) is 56.6 Å². The first-order valence-corrected chi connectivity index (χ1v) is 9.51. The van der Waals surface area contributed by atoms with Crippen LogP contribution in [0.15, 0.2) is 42.5 Å². The molecule has 27 heavy (non-hydrogen) atoms. The van der Waals surface area contributed by atoms with Crippen LogP contribution >= 0.6 is 0 Å². The van der Waals surface area contributed by atoms with E-state index in [-0.39, 0.29) is 0 Å². The molecule has 0 bridgehead atoms. The number of aryl methyl sites for hydroxylation is 2. The summed E-state index contributed by atoms with van der Waals surface area (Å²) in [6, 6.07) is 14.3. The molecule has 0 N–H and O–H groups in total. The Balaban J connectivity index is 0.00000102. The molecular weight excluding hydrogens is 338 g/mol. The third kappa shape index (κ3) is 4.34. The van der Waals surface area contributed by atoms with Gasteiger partial charge >= 0.3 is 0 Å². The minimum Gasteiger partial charge on any atom is -0.378 e. The van der Waals surface area contributed by atoms with Crippen LogP contribution < -0.4 is 4.90 Å². The first-order chi connectivity index (χ1) is 13.2. The molecule has 0 aliphatic carbocycles. The zero-order valence-electron chi connectivity index (χ0n) is 16.5. The molecule has 1 saturated heterocycles. The molecule has 0 amide bonds. The third-order valence-corrected chi connectivity index (χ3v) is 4.32. The lowest BCUT2D eigenvalue weighted by Crippen LogP contribution is -2.37. The maximum Gasteiger partial charge on any atom is 0.159 e. The molecule has 142 valence electrons. The van der Waals surface area contributed by atoms with Crippen LogP contribution in [0.1, 0.15) is 25.4 Å². The van der Waals surface area contributed by atoms with Gasteiger partial charge in [-0.15, -0.1) is 0 Å². The second kappa shape index (κ2) is 8.77. The van der Waals surface area contributed by atoms with E-state index in [0.29, 0.717) is 0 Å². The summed E-state index contributed by atoms with van der Waals surface area (Å²) in [6.07, 6.45) is 0. The summed E-state index contributed by atoms with van der Waals surface area (Å²) in [5.74, 6) is 2.48. The Morgan fingerprint density at radius 2 is 1.56 bits per heavy atom. The van der Waals surface area contributed by atoms with E-state index in [1.165, 1.54) is 0 Å². The predicted molar refractivity (Wildman–Crippen MR) is 108 cm³/mol. The Labute approximate surface area is 160 Å². The summed E-state index contributed by atoms with van der Waals surface area (Å²) < 4.78 is 7.32. The SMILES string of the molecule is CC.Cc1nc(N2CCOCC2)cc(-n2nc(-c3ccccc3)cc2C)n1. The van der Waals surface area contributed by atoms with Crippen molar-refractivity contribution >= 4 is 5.82 Å². The molecule has 2 aromatic heterocycles. The molecule has 3 heterocycles. The fourth-order valence-corrected chi connectivity index (χ4v) is 3.06. The van der Waals surface area contributed by atoms with Crippen molar-refractivity contribution in [2.75, 3.05) is 31.2 Å². The van der Waals surface area contributed by atoms with Gasteiger partial charge in [-0.3, -0.25) is 0 Å². The molecule has 1 aliphatic heterocycles. The molecular formula is C21H27N5O. The zero-order valence-corrected chi connectivity index (χ0v) is 16.5. The van der Waals surface area contributed by atoms with Crippen LogP contribution in [0, 0.1) is 13.8 Å². The second-order valence-electron chi connectivity index (χ2n) is 6.18. The molecule has 0 atom stereocenters. The number of anilines is 1. The lowest BCUT2D eigenvalue weighted by atomic mass is 10.1. The van der Waals surface area contributed by atoms with Gasteiger partial charge in [0.25, 0.3) is 0 Å². The number of nitrogens with zero attached hydrogens (tertiary/aromatic N) is 5. The van der Waals surface area contributed by atoms with Crippen molar-refractivity contribution in [3.05, 3.63) is 54.0 Å². The van der Waals surface area contributed by atoms with Crippen LogP contribution in [-0.4, -0.2) is 46.1 Å². The highest BCUT2D eigenvalue weighted by Gasteiger charge is 2.16. The average Bonchev–Trinajstić information content (AvgIpc) is 3.12. The van der Waals surface area contributed by atoms with Crippen molar-refractivity contribution in [1.29, 1.82) is 0 Å². The molecule has 1 fully saturated rings. The minimum atomic E-state index is 0.733. The summed E-state index contributed by atoms with van der Waals surface area (Å²) in [7, 11) is 0. The Morgan fingerprint density at radius 3 is 2.26 bits per heavy atom. The Kier molecular flexibility index (Phi) is 6.19. The summed E-state index contributed by atoms with van der Waals surface area (Å²) in [5.41, 5.74) is 3.09. The van der Waals surface area contributed by atoms with Gasteiger partial charge in [0.05, 0.1) is 18.9 Å². The standard InChI is InChI=1S/C19H21N5O.C2H6/c1-14-12-17(16-6-4-3-5-7-16)22-24(14)19-13-18(20-15(2)21-19)23-8-10-25-11-9-23;1-2/h3-7,12-13H,8-11H2,1-2H3;1-2H3. The van der Waals surface area contributed by atoms with Crippen LogP contribution in [0.2, 0.25) is 0 Å². The van der Waals surface area contributed by atoms with Crippen LogP contribution in [0.4, 0.5) is 5.82 Å². The number of rotatable bonds is 3. The molecule has 6 heteroatoms. The maximum absolute atomic E-state index is 5.44. The minimum absolute atomic E-state index is 0.733. The second-order valence-corrected chi connectivity index (χ2v) is 6.18. The van der Waals surface area contributed by atoms with Gasteiger partial charge in [0, 0.05) is 30.4 Å². The van der Waals surface area contributed by atoms with E-state index in [9.17, 15) is 0 Å². The van der Waals surface area contributed by atoms with E-state index < -0.39 is 0 Å². The normalized spacial score (nSPS) is 13.9. The maximum atomic E-state index is 5.44. The fourth-order valence-electron chi connectivity index (χ4n) is 3.06. The molecule has 1 aromatic carbocycles. The molecule has 0 spiro atoms. The first-order valence-electron chi connectivity index (χ1n) is 9.51. The number of aromatic nitrogens is 4. The van der Waals surface area contributed by atoms with Gasteiger partial charge in [0.2, 0.25) is 0 Å². The van der Waals surface area contributed by atoms with Gasteiger partial charge in [-0.05, 0) is 19.9 Å². The van der Waals surface area contributed by atoms with Crippen molar-refractivity contribution in [1.82, 2.24) is 19.7 Å². The summed E-state index contributed by atoms with van der Waals surface area (Å²) in [5, 5.41) is 4.76. The van der Waals surface area contributed by atoms with Gasteiger partial charge in [0.15, 0.2) is 5.82 Å². The highest BCUT2D eigenvalue weighted by atomic mass is 16.5. The molecule has 0 unspecified atom stereocenters. The average molecular weight is 365 g/mol. The lowest BCUT2D eigenvalue weighted by molar-refractivity contribution is 0.122. The predicted octanol–water partition coefficient (Wildman–Crippen LogP) is 3.81. The van der Waals surface area contributed by atoms with Crippen molar-refractivity contribution < 1.29 is 4.74 Å². The van der Waals surface area contributed by atoms with Crippen molar-refractivity contribution in [2.24, 2.45) is 0 Å². The zero-order chi connectivity index (χ0) is 19.2. The number of ether oxygens (including phenoxy) is 1. The van der Waals surface area contributed by atoms with E-state index in [4.69, 9.17) is 9.84 Å². The monoisotopic (exact) mass is 365 g/mol. The van der Waals surface area contributed by atoms with Crippen molar-refractivity contribution in [2.45, 2.75) is 27.7 Å². The molecule has 4 rings (SSSR count). The molecule has 0 radical (unpaired) electrons. The van der Waals surface area contributed by atoms with Gasteiger partial charge < -0.3 is 9.64 Å². The van der Waals surface area contributed by atoms with Gasteiger partial charge in [-0.1, -0.05) is 44.2 Å². The molecule has 6 nitrogen and oxygen atoms in total. The van der Waals surface area contributed by atoms with Gasteiger partial charge in [-0.25, -0.2) is 14.6 Å². The lowest BCUT2D eigenvalue weighted by Gasteiger charge is -2.28. The van der Waals surface area contributed by atoms with E-state index in [0.717, 1.165) is 60.7 Å². The van der Waals surface area contributed by atoms with Crippen molar-refractivity contribution in [3.8, 4) is 17.1 Å². The Morgan fingerprint density at radius 1 is 0.889 bits per heavy atom. The smallest absolute Gasteiger partial charge is 0.159 e. The van der Waals surface area contributed by atoms with Gasteiger partial charge in [0.1, 0.15) is 11.6 Å². The Hall–Kier alpha value is -2.73. The highest BCUT2D eigenvalue weighted by molar-refractivity contribution is 5.60. The fraction of sp³-hybridized carbons (Fsp3) is 0.381. The van der Waals surface area contributed by atoms with Crippen LogP contribution in [-0.2, 0) is 4.74 Å². The van der Waals surface area contributed by atoms with Crippen molar-refractivity contribution in [3.63, 3.8) is 0 Å². The summed E-state index contributed by atoms with van der Waals surface area (Å²) >= 11 is 0. The highest BCUT2D eigenvalue weighted by Crippen LogP contribution is 2.22. The number of morpholine rings is 1. The topological polar surface area (TPSA) is 56.1 Å². The third-order valence-electron chi connectivity index (χ3n) is 4.32. The number of hydrogen-bond acceptors (Lipinski definition) is 5. The van der Waals surface area contributed by atoms with Crippen LogP contribution in [0.25, 0.3) is 17.1 Å². The number of benzene rings is 1. The van der Waals surface area contributed by atoms with E-state index in [2.05, 4.69) is 33.1 Å². The number of hydrogen-bond donors (Lipinski definition) is 0. The first kappa shape index (κ1) is 19.0. The Bertz CT molecular complexity index is 870. The van der Waals surface area contributed by atoms with E-state index >= 15 is 0 Å². The summed E-state index contributed by atoms with van der Waals surface area (Å²) in [4.78, 5) is 11.4.